The summed E-state index contributed by atoms with van der Waals surface area (Å²) in [5, 5.41) is 0. The Kier molecular flexibility index (Phi) is 7.06. The van der Waals surface area contributed by atoms with Gasteiger partial charge in [0.1, 0.15) is 11.5 Å². The van der Waals surface area contributed by atoms with Gasteiger partial charge in [0.05, 0.1) is 37.0 Å². The Labute approximate surface area is 174 Å². The number of carbonyl (C=O) groups is 1. The largest absolute Gasteiger partial charge is 0.496 e. The molecule has 0 unspecified atom stereocenters. The van der Waals surface area contributed by atoms with E-state index >= 15 is 0 Å². The Morgan fingerprint density at radius 3 is 2.69 bits per heavy atom. The third-order valence-electron chi connectivity index (χ3n) is 4.52. The van der Waals surface area contributed by atoms with Crippen LogP contribution >= 0.6 is 11.3 Å². The van der Waals surface area contributed by atoms with Crippen LogP contribution in [-0.2, 0) is 22.5 Å². The summed E-state index contributed by atoms with van der Waals surface area (Å²) in [6.07, 6.45) is 0.244. The number of aromatic nitrogens is 1. The first-order valence-electron chi connectivity index (χ1n) is 9.52. The zero-order chi connectivity index (χ0) is 20.8. The summed E-state index contributed by atoms with van der Waals surface area (Å²) in [5.41, 5.74) is 2.93. The van der Waals surface area contributed by atoms with Gasteiger partial charge in [0.2, 0.25) is 0 Å². The monoisotopic (exact) mass is 414 g/mol. The summed E-state index contributed by atoms with van der Waals surface area (Å²) >= 11 is 1.48. The first-order chi connectivity index (χ1) is 14.0. The highest BCUT2D eigenvalue weighted by Gasteiger charge is 2.10. The van der Waals surface area contributed by atoms with Gasteiger partial charge in [-0.1, -0.05) is 23.5 Å². The minimum atomic E-state index is -0.183. The number of aryl methyl sites for hydroxylation is 1. The maximum atomic E-state index is 12.7. The molecule has 0 radical (unpaired) electrons. The van der Waals surface area contributed by atoms with Crippen molar-refractivity contribution in [1.82, 2.24) is 4.57 Å². The quantitative estimate of drug-likeness (QED) is 0.563. The molecular weight excluding hydrogens is 388 g/mol. The number of benzene rings is 2. The van der Waals surface area contributed by atoms with Crippen LogP contribution in [0.5, 0.6) is 11.5 Å². The van der Waals surface area contributed by atoms with Crippen molar-refractivity contribution in [2.45, 2.75) is 26.8 Å². The molecule has 6 nitrogen and oxygen atoms in total. The molecule has 7 heteroatoms. The maximum Gasteiger partial charge on any atom is 0.252 e. The van der Waals surface area contributed by atoms with Crippen LogP contribution in [0.25, 0.3) is 10.2 Å². The Morgan fingerprint density at radius 2 is 2.00 bits per heavy atom. The predicted molar refractivity (Wildman–Crippen MR) is 115 cm³/mol. The first-order valence-corrected chi connectivity index (χ1v) is 10.3. The van der Waals surface area contributed by atoms with E-state index in [0.29, 0.717) is 24.6 Å². The van der Waals surface area contributed by atoms with Gasteiger partial charge in [-0.3, -0.25) is 4.79 Å². The highest BCUT2D eigenvalue weighted by Crippen LogP contribution is 2.24. The van der Waals surface area contributed by atoms with Gasteiger partial charge in [-0.15, -0.1) is 0 Å². The number of nitrogens with zero attached hydrogens (tertiary/aromatic N) is 2. The van der Waals surface area contributed by atoms with Gasteiger partial charge >= 0.3 is 0 Å². The van der Waals surface area contributed by atoms with Crippen LogP contribution in [0, 0.1) is 6.92 Å². The molecule has 154 valence electrons. The fourth-order valence-corrected chi connectivity index (χ4v) is 4.27. The zero-order valence-electron chi connectivity index (χ0n) is 17.2. The van der Waals surface area contributed by atoms with E-state index in [-0.39, 0.29) is 12.3 Å². The SMILES string of the molecule is CCOc1ccc2c(c1)sc(=NC(=O)Cc1ccc(OC)c(C)c1)n2CCOC. The maximum absolute atomic E-state index is 12.7. The summed E-state index contributed by atoms with van der Waals surface area (Å²) < 4.78 is 19.2. The van der Waals surface area contributed by atoms with E-state index in [0.717, 1.165) is 32.8 Å². The average molecular weight is 415 g/mol. The van der Waals surface area contributed by atoms with Crippen molar-refractivity contribution in [3.63, 3.8) is 0 Å². The van der Waals surface area contributed by atoms with E-state index < -0.39 is 0 Å². The van der Waals surface area contributed by atoms with Crippen LogP contribution in [0.2, 0.25) is 0 Å². The van der Waals surface area contributed by atoms with E-state index in [9.17, 15) is 4.79 Å². The van der Waals surface area contributed by atoms with E-state index in [2.05, 4.69) is 4.99 Å². The summed E-state index contributed by atoms with van der Waals surface area (Å²) in [5.74, 6) is 1.44. The number of hydrogen-bond acceptors (Lipinski definition) is 5. The second kappa shape index (κ2) is 9.71. The van der Waals surface area contributed by atoms with E-state index in [1.807, 2.05) is 54.8 Å². The van der Waals surface area contributed by atoms with Crippen molar-refractivity contribution in [2.24, 2.45) is 4.99 Å². The van der Waals surface area contributed by atoms with Gasteiger partial charge < -0.3 is 18.8 Å². The zero-order valence-corrected chi connectivity index (χ0v) is 18.0. The normalized spacial score (nSPS) is 11.8. The second-order valence-electron chi connectivity index (χ2n) is 6.58. The Morgan fingerprint density at radius 1 is 1.17 bits per heavy atom. The molecule has 0 N–H and O–H groups in total. The molecular formula is C22H26N2O4S. The van der Waals surface area contributed by atoms with Crippen molar-refractivity contribution >= 4 is 27.5 Å². The van der Waals surface area contributed by atoms with Gasteiger partial charge in [-0.05, 0) is 49.2 Å². The topological polar surface area (TPSA) is 62.0 Å². The van der Waals surface area contributed by atoms with Crippen LogP contribution in [0.1, 0.15) is 18.1 Å². The first kappa shape index (κ1) is 21.1. The molecule has 0 aliphatic heterocycles. The number of carbonyl (C=O) groups excluding carboxylic acids is 1. The summed E-state index contributed by atoms with van der Waals surface area (Å²) in [7, 11) is 3.30. The van der Waals surface area contributed by atoms with E-state index in [4.69, 9.17) is 14.2 Å². The van der Waals surface area contributed by atoms with Gasteiger partial charge in [0, 0.05) is 13.7 Å². The molecule has 29 heavy (non-hydrogen) atoms. The number of fused-ring (bicyclic) bond motifs is 1. The highest BCUT2D eigenvalue weighted by molar-refractivity contribution is 7.16. The molecule has 0 saturated carbocycles. The Hall–Kier alpha value is -2.64. The van der Waals surface area contributed by atoms with Gasteiger partial charge in [-0.25, -0.2) is 0 Å². The Bertz CT molecular complexity index is 1070. The molecule has 3 aromatic rings. The lowest BCUT2D eigenvalue weighted by molar-refractivity contribution is -0.117. The minimum Gasteiger partial charge on any atom is -0.496 e. The molecule has 2 aromatic carbocycles. The molecule has 0 atom stereocenters. The third-order valence-corrected chi connectivity index (χ3v) is 5.56. The molecule has 0 aliphatic carbocycles. The van der Waals surface area contributed by atoms with Crippen molar-refractivity contribution in [2.75, 3.05) is 27.4 Å². The van der Waals surface area contributed by atoms with Crippen molar-refractivity contribution in [3.8, 4) is 11.5 Å². The van der Waals surface area contributed by atoms with Crippen LogP contribution in [0.4, 0.5) is 0 Å². The number of rotatable bonds is 8. The molecule has 1 amide bonds. The predicted octanol–water partition coefficient (Wildman–Crippen LogP) is 3.73. The lowest BCUT2D eigenvalue weighted by Crippen LogP contribution is -2.19. The number of ether oxygens (including phenoxy) is 3. The van der Waals surface area contributed by atoms with Crippen LogP contribution in [-0.4, -0.2) is 37.9 Å². The van der Waals surface area contributed by atoms with Crippen molar-refractivity contribution in [3.05, 3.63) is 52.3 Å². The average Bonchev–Trinajstić information content (AvgIpc) is 3.02. The molecule has 3 rings (SSSR count). The standard InChI is InChI=1S/C22H26N2O4S/c1-5-28-17-7-8-18-20(14-17)29-22(24(18)10-11-26-3)23-21(25)13-16-6-9-19(27-4)15(2)12-16/h6-9,12,14H,5,10-11,13H2,1-4H3. The van der Waals surface area contributed by atoms with E-state index in [1.165, 1.54) is 11.3 Å². The fraction of sp³-hybridized carbons (Fsp3) is 0.364. The second-order valence-corrected chi connectivity index (χ2v) is 7.59. The molecule has 0 bridgehead atoms. The van der Waals surface area contributed by atoms with Crippen LogP contribution < -0.4 is 14.3 Å². The van der Waals surface area contributed by atoms with E-state index in [1.54, 1.807) is 14.2 Å². The lowest BCUT2D eigenvalue weighted by atomic mass is 10.1. The molecule has 0 fully saturated rings. The van der Waals surface area contributed by atoms with Crippen LogP contribution in [0.15, 0.2) is 41.4 Å². The summed E-state index contributed by atoms with van der Waals surface area (Å²) in [4.78, 5) is 17.7. The number of hydrogen-bond donors (Lipinski definition) is 0. The summed E-state index contributed by atoms with van der Waals surface area (Å²) in [6, 6.07) is 11.7. The third kappa shape index (κ3) is 5.05. The molecule has 0 aliphatic rings. The van der Waals surface area contributed by atoms with Crippen molar-refractivity contribution < 1.29 is 19.0 Å². The van der Waals surface area contributed by atoms with Gasteiger partial charge in [0.15, 0.2) is 4.80 Å². The lowest BCUT2D eigenvalue weighted by Gasteiger charge is -2.06. The highest BCUT2D eigenvalue weighted by atomic mass is 32.1. The van der Waals surface area contributed by atoms with Gasteiger partial charge in [-0.2, -0.15) is 4.99 Å². The molecule has 0 saturated heterocycles. The molecule has 1 heterocycles. The number of amides is 1. The fourth-order valence-electron chi connectivity index (χ4n) is 3.17. The van der Waals surface area contributed by atoms with Crippen molar-refractivity contribution in [1.29, 1.82) is 0 Å². The van der Waals surface area contributed by atoms with Crippen LogP contribution in [0.3, 0.4) is 0 Å². The Balaban J connectivity index is 1.94. The van der Waals surface area contributed by atoms with Gasteiger partial charge in [0.25, 0.3) is 5.91 Å². The molecule has 0 spiro atoms. The summed E-state index contributed by atoms with van der Waals surface area (Å²) in [6.45, 7) is 5.69. The smallest absolute Gasteiger partial charge is 0.252 e. The number of methoxy groups -OCH3 is 2. The minimum absolute atomic E-state index is 0.183. The number of thiazole rings is 1. The molecule has 1 aromatic heterocycles.